The van der Waals surface area contributed by atoms with Crippen molar-refractivity contribution in [1.82, 2.24) is 9.78 Å². The summed E-state index contributed by atoms with van der Waals surface area (Å²) in [5.41, 5.74) is 1.58. The zero-order chi connectivity index (χ0) is 13.3. The topological polar surface area (TPSA) is 17.8 Å². The van der Waals surface area contributed by atoms with Crippen molar-refractivity contribution in [3.63, 3.8) is 0 Å². The number of alkyl halides is 1. The molecule has 0 saturated heterocycles. The second kappa shape index (κ2) is 5.36. The van der Waals surface area contributed by atoms with Crippen molar-refractivity contribution in [2.24, 2.45) is 11.8 Å². The minimum absolute atomic E-state index is 0.195. The van der Waals surface area contributed by atoms with Crippen LogP contribution in [0.1, 0.15) is 52.7 Å². The van der Waals surface area contributed by atoms with E-state index in [-0.39, 0.29) is 5.41 Å². The molecule has 0 amide bonds. The number of halogens is 1. The standard InChI is InChI=1S/C15H25BrN2/c1-5-18-14(8-9-17-18)15(3,4)12-7-6-11(2)10-13(12)16/h8-9,11-13H,5-7,10H2,1-4H3. The Labute approximate surface area is 119 Å². The van der Waals surface area contributed by atoms with Gasteiger partial charge in [0, 0.05) is 28.7 Å². The van der Waals surface area contributed by atoms with Crippen LogP contribution in [0.3, 0.4) is 0 Å². The number of nitrogens with zero attached hydrogens (tertiary/aromatic N) is 2. The van der Waals surface area contributed by atoms with Gasteiger partial charge < -0.3 is 0 Å². The zero-order valence-electron chi connectivity index (χ0n) is 12.0. The van der Waals surface area contributed by atoms with E-state index in [0.717, 1.165) is 12.5 Å². The maximum absolute atomic E-state index is 4.44. The third-order valence-corrected chi connectivity index (χ3v) is 5.65. The highest BCUT2D eigenvalue weighted by Crippen LogP contribution is 2.45. The molecular formula is C15H25BrN2. The Hall–Kier alpha value is -0.310. The summed E-state index contributed by atoms with van der Waals surface area (Å²) in [4.78, 5) is 0.636. The van der Waals surface area contributed by atoms with E-state index >= 15 is 0 Å². The number of aryl methyl sites for hydroxylation is 1. The van der Waals surface area contributed by atoms with E-state index in [1.807, 2.05) is 6.20 Å². The second-order valence-electron chi connectivity index (χ2n) is 6.29. The van der Waals surface area contributed by atoms with Crippen molar-refractivity contribution in [3.05, 3.63) is 18.0 Å². The molecule has 3 heteroatoms. The highest BCUT2D eigenvalue weighted by molar-refractivity contribution is 9.09. The highest BCUT2D eigenvalue weighted by atomic mass is 79.9. The molecule has 2 nitrogen and oxygen atoms in total. The molecule has 3 unspecified atom stereocenters. The Morgan fingerprint density at radius 3 is 2.78 bits per heavy atom. The lowest BCUT2D eigenvalue weighted by Crippen LogP contribution is -2.40. The molecule has 1 fully saturated rings. The first-order valence-electron chi connectivity index (χ1n) is 7.13. The number of hydrogen-bond acceptors (Lipinski definition) is 1. The lowest BCUT2D eigenvalue weighted by atomic mass is 9.67. The van der Waals surface area contributed by atoms with Crippen LogP contribution >= 0.6 is 15.9 Å². The molecule has 0 aromatic carbocycles. The fourth-order valence-electron chi connectivity index (χ4n) is 3.45. The molecule has 1 aromatic rings. The van der Waals surface area contributed by atoms with Crippen LogP contribution in [0.2, 0.25) is 0 Å². The molecule has 0 N–H and O–H groups in total. The van der Waals surface area contributed by atoms with Crippen LogP contribution in [0.5, 0.6) is 0 Å². The minimum Gasteiger partial charge on any atom is -0.269 e. The smallest absolute Gasteiger partial charge is 0.0492 e. The Morgan fingerprint density at radius 1 is 1.44 bits per heavy atom. The van der Waals surface area contributed by atoms with E-state index in [9.17, 15) is 0 Å². The summed E-state index contributed by atoms with van der Waals surface area (Å²) >= 11 is 3.93. The van der Waals surface area contributed by atoms with Crippen LogP contribution in [0.25, 0.3) is 0 Å². The Balaban J connectivity index is 2.25. The van der Waals surface area contributed by atoms with Gasteiger partial charge in [-0.3, -0.25) is 4.68 Å². The van der Waals surface area contributed by atoms with Crippen LogP contribution in [0, 0.1) is 11.8 Å². The van der Waals surface area contributed by atoms with Gasteiger partial charge in [0.2, 0.25) is 0 Å². The van der Waals surface area contributed by atoms with Gasteiger partial charge in [0.15, 0.2) is 0 Å². The summed E-state index contributed by atoms with van der Waals surface area (Å²) in [6.07, 6.45) is 5.92. The van der Waals surface area contributed by atoms with E-state index in [4.69, 9.17) is 0 Å². The lowest BCUT2D eigenvalue weighted by molar-refractivity contribution is 0.205. The van der Waals surface area contributed by atoms with Gasteiger partial charge in [-0.15, -0.1) is 0 Å². The van der Waals surface area contributed by atoms with E-state index < -0.39 is 0 Å². The lowest BCUT2D eigenvalue weighted by Gasteiger charge is -2.42. The second-order valence-corrected chi connectivity index (χ2v) is 7.47. The summed E-state index contributed by atoms with van der Waals surface area (Å²) < 4.78 is 2.15. The van der Waals surface area contributed by atoms with Gasteiger partial charge in [-0.25, -0.2) is 0 Å². The molecule has 3 atom stereocenters. The van der Waals surface area contributed by atoms with Crippen molar-refractivity contribution in [2.75, 3.05) is 0 Å². The van der Waals surface area contributed by atoms with Gasteiger partial charge >= 0.3 is 0 Å². The van der Waals surface area contributed by atoms with E-state index in [1.54, 1.807) is 0 Å². The molecule has 1 saturated carbocycles. The van der Waals surface area contributed by atoms with Crippen LogP contribution in [0.15, 0.2) is 12.3 Å². The Morgan fingerprint density at radius 2 is 2.17 bits per heavy atom. The maximum Gasteiger partial charge on any atom is 0.0492 e. The SMILES string of the molecule is CCn1nccc1C(C)(C)C1CCC(C)CC1Br. The number of aromatic nitrogens is 2. The monoisotopic (exact) mass is 312 g/mol. The van der Waals surface area contributed by atoms with Crippen molar-refractivity contribution in [3.8, 4) is 0 Å². The molecule has 102 valence electrons. The Kier molecular flexibility index (Phi) is 4.20. The third-order valence-electron chi connectivity index (χ3n) is 4.64. The molecule has 0 bridgehead atoms. The van der Waals surface area contributed by atoms with Crippen LogP contribution in [0.4, 0.5) is 0 Å². The van der Waals surface area contributed by atoms with Gasteiger partial charge in [0.25, 0.3) is 0 Å². The molecule has 1 aliphatic carbocycles. The van der Waals surface area contributed by atoms with Crippen molar-refractivity contribution in [1.29, 1.82) is 0 Å². The summed E-state index contributed by atoms with van der Waals surface area (Å²) in [5, 5.41) is 4.44. The molecular weight excluding hydrogens is 288 g/mol. The van der Waals surface area contributed by atoms with Crippen molar-refractivity contribution < 1.29 is 0 Å². The van der Waals surface area contributed by atoms with Crippen LogP contribution in [-0.2, 0) is 12.0 Å². The predicted molar refractivity (Wildman–Crippen MR) is 80.1 cm³/mol. The average Bonchev–Trinajstić information content (AvgIpc) is 2.76. The van der Waals surface area contributed by atoms with Gasteiger partial charge in [0.1, 0.15) is 0 Å². The summed E-state index contributed by atoms with van der Waals surface area (Å²) in [5.74, 6) is 1.56. The van der Waals surface area contributed by atoms with Crippen LogP contribution < -0.4 is 0 Å². The molecule has 1 aromatic heterocycles. The fraction of sp³-hybridized carbons (Fsp3) is 0.800. The summed E-state index contributed by atoms with van der Waals surface area (Å²) in [7, 11) is 0. The maximum atomic E-state index is 4.44. The van der Waals surface area contributed by atoms with Gasteiger partial charge in [-0.05, 0) is 37.7 Å². The predicted octanol–water partition coefficient (Wildman–Crippen LogP) is 4.38. The Bertz CT molecular complexity index is 397. The molecule has 0 spiro atoms. The summed E-state index contributed by atoms with van der Waals surface area (Å²) in [6.45, 7) is 10.3. The van der Waals surface area contributed by atoms with Crippen molar-refractivity contribution >= 4 is 15.9 Å². The van der Waals surface area contributed by atoms with Gasteiger partial charge in [0.05, 0.1) is 0 Å². The van der Waals surface area contributed by atoms with Gasteiger partial charge in [-0.1, -0.05) is 43.1 Å². The van der Waals surface area contributed by atoms with E-state index in [1.165, 1.54) is 25.0 Å². The normalized spacial score (nSPS) is 29.5. The van der Waals surface area contributed by atoms with Crippen LogP contribution in [-0.4, -0.2) is 14.6 Å². The molecule has 1 aliphatic rings. The first kappa shape index (κ1) is 14.1. The first-order valence-corrected chi connectivity index (χ1v) is 8.04. The quantitative estimate of drug-likeness (QED) is 0.757. The molecule has 18 heavy (non-hydrogen) atoms. The largest absolute Gasteiger partial charge is 0.269 e. The number of rotatable bonds is 3. The molecule has 2 rings (SSSR count). The summed E-state index contributed by atoms with van der Waals surface area (Å²) in [6, 6.07) is 2.20. The van der Waals surface area contributed by atoms with E-state index in [0.29, 0.717) is 10.7 Å². The van der Waals surface area contributed by atoms with E-state index in [2.05, 4.69) is 59.5 Å². The van der Waals surface area contributed by atoms with Crippen molar-refractivity contribution in [2.45, 2.75) is 63.7 Å². The molecule has 0 radical (unpaired) electrons. The molecule has 0 aliphatic heterocycles. The first-order chi connectivity index (χ1) is 8.46. The minimum atomic E-state index is 0.195. The third kappa shape index (κ3) is 2.52. The fourth-order valence-corrected chi connectivity index (χ4v) is 5.01. The molecule has 1 heterocycles. The zero-order valence-corrected chi connectivity index (χ0v) is 13.6. The van der Waals surface area contributed by atoms with Gasteiger partial charge in [-0.2, -0.15) is 5.10 Å². The average molecular weight is 313 g/mol. The highest BCUT2D eigenvalue weighted by Gasteiger charge is 2.40. The number of hydrogen-bond donors (Lipinski definition) is 0.